The van der Waals surface area contributed by atoms with E-state index in [4.69, 9.17) is 0 Å². The summed E-state index contributed by atoms with van der Waals surface area (Å²) in [6.07, 6.45) is 2.98. The summed E-state index contributed by atoms with van der Waals surface area (Å²) in [5, 5.41) is 3.10. The molecular formula is C31H42N4O4S. The van der Waals surface area contributed by atoms with Crippen LogP contribution in [-0.2, 0) is 39.0 Å². The number of fused-ring (bicyclic) bond motifs is 1. The van der Waals surface area contributed by atoms with Crippen molar-refractivity contribution in [1.82, 2.24) is 19.4 Å². The molecule has 2 aliphatic heterocycles. The highest BCUT2D eigenvalue weighted by atomic mass is 32.2. The zero-order valence-corrected chi connectivity index (χ0v) is 24.7. The molecule has 0 bridgehead atoms. The second-order valence-electron chi connectivity index (χ2n) is 11.4. The molecule has 2 fully saturated rings. The zero-order chi connectivity index (χ0) is 28.4. The number of sulfonamides is 1. The Bertz CT molecular complexity index is 1310. The molecule has 1 aliphatic carbocycles. The molecule has 0 saturated carbocycles. The van der Waals surface area contributed by atoms with Gasteiger partial charge in [-0.3, -0.25) is 9.59 Å². The Balaban J connectivity index is 1.45. The topological polar surface area (TPSA) is 90.0 Å². The van der Waals surface area contributed by atoms with Crippen molar-refractivity contribution in [2.24, 2.45) is 11.8 Å². The highest BCUT2D eigenvalue weighted by Crippen LogP contribution is 2.34. The SMILES string of the molecule is CCC(CC)C1C(=O)NC(C2Cc3ccccc3C2)C(=O)N1Cc1ccccc1S(=O)(=O)N1CCN(CC)CC1. The van der Waals surface area contributed by atoms with E-state index in [-0.39, 0.29) is 35.1 Å². The summed E-state index contributed by atoms with van der Waals surface area (Å²) >= 11 is 0. The maximum Gasteiger partial charge on any atom is 0.246 e. The van der Waals surface area contributed by atoms with Crippen LogP contribution in [0.15, 0.2) is 53.4 Å². The smallest absolute Gasteiger partial charge is 0.246 e. The molecule has 2 amide bonds. The molecular weight excluding hydrogens is 524 g/mol. The van der Waals surface area contributed by atoms with Gasteiger partial charge in [0.15, 0.2) is 0 Å². The third-order valence-corrected chi connectivity index (χ3v) is 11.2. The van der Waals surface area contributed by atoms with Crippen molar-refractivity contribution >= 4 is 21.8 Å². The van der Waals surface area contributed by atoms with Gasteiger partial charge >= 0.3 is 0 Å². The lowest BCUT2D eigenvalue weighted by Gasteiger charge is -2.44. The molecule has 9 heteroatoms. The van der Waals surface area contributed by atoms with E-state index in [1.165, 1.54) is 11.1 Å². The van der Waals surface area contributed by atoms with Crippen molar-refractivity contribution in [3.8, 4) is 0 Å². The first kappa shape index (κ1) is 28.8. The van der Waals surface area contributed by atoms with E-state index < -0.39 is 22.1 Å². The monoisotopic (exact) mass is 566 g/mol. The minimum Gasteiger partial charge on any atom is -0.342 e. The summed E-state index contributed by atoms with van der Waals surface area (Å²) in [5.41, 5.74) is 3.01. The number of benzene rings is 2. The maximum absolute atomic E-state index is 14.2. The van der Waals surface area contributed by atoms with Crippen LogP contribution < -0.4 is 5.32 Å². The number of amides is 2. The van der Waals surface area contributed by atoms with E-state index >= 15 is 0 Å². The van der Waals surface area contributed by atoms with Crippen LogP contribution in [0.5, 0.6) is 0 Å². The Kier molecular flexibility index (Phi) is 8.63. The van der Waals surface area contributed by atoms with Crippen LogP contribution in [0, 0.1) is 11.8 Å². The average Bonchev–Trinajstić information content (AvgIpc) is 3.41. The van der Waals surface area contributed by atoms with E-state index in [9.17, 15) is 18.0 Å². The molecule has 2 unspecified atom stereocenters. The van der Waals surface area contributed by atoms with Crippen LogP contribution in [0.4, 0.5) is 0 Å². The minimum absolute atomic E-state index is 0.0171. The highest BCUT2D eigenvalue weighted by molar-refractivity contribution is 7.89. The molecule has 40 heavy (non-hydrogen) atoms. The predicted octanol–water partition coefficient (Wildman–Crippen LogP) is 3.06. The first-order valence-corrected chi connectivity index (χ1v) is 16.2. The number of carbonyl (C=O) groups excluding carboxylic acids is 2. The molecule has 2 aromatic rings. The van der Waals surface area contributed by atoms with Crippen molar-refractivity contribution in [2.45, 2.75) is 70.0 Å². The van der Waals surface area contributed by atoms with Gasteiger partial charge in [-0.1, -0.05) is 76.1 Å². The second-order valence-corrected chi connectivity index (χ2v) is 13.3. The van der Waals surface area contributed by atoms with E-state index in [1.54, 1.807) is 27.4 Å². The fourth-order valence-corrected chi connectivity index (χ4v) is 8.42. The Morgan fingerprint density at radius 3 is 2.08 bits per heavy atom. The van der Waals surface area contributed by atoms with Crippen LogP contribution in [0.2, 0.25) is 0 Å². The van der Waals surface area contributed by atoms with Crippen LogP contribution in [0.25, 0.3) is 0 Å². The second kappa shape index (κ2) is 12.0. The third-order valence-electron chi connectivity index (χ3n) is 9.21. The van der Waals surface area contributed by atoms with Gasteiger partial charge in [-0.15, -0.1) is 0 Å². The number of hydrogen-bond acceptors (Lipinski definition) is 5. The van der Waals surface area contributed by atoms with Gasteiger partial charge < -0.3 is 15.1 Å². The van der Waals surface area contributed by atoms with Crippen LogP contribution in [-0.4, -0.2) is 79.1 Å². The lowest BCUT2D eigenvalue weighted by molar-refractivity contribution is -0.154. The van der Waals surface area contributed by atoms with Gasteiger partial charge in [0.1, 0.15) is 12.1 Å². The quantitative estimate of drug-likeness (QED) is 0.504. The first-order valence-electron chi connectivity index (χ1n) is 14.8. The van der Waals surface area contributed by atoms with Gasteiger partial charge in [0.05, 0.1) is 4.90 Å². The van der Waals surface area contributed by atoms with E-state index in [2.05, 4.69) is 29.3 Å². The van der Waals surface area contributed by atoms with Crippen molar-refractivity contribution in [2.75, 3.05) is 32.7 Å². The summed E-state index contributed by atoms with van der Waals surface area (Å²) in [4.78, 5) is 32.1. The normalized spacial score (nSPS) is 23.1. The van der Waals surface area contributed by atoms with Gasteiger partial charge in [-0.25, -0.2) is 8.42 Å². The molecule has 2 heterocycles. The summed E-state index contributed by atoms with van der Waals surface area (Å²) in [6.45, 7) is 9.43. The number of likely N-dealkylation sites (N-methyl/N-ethyl adjacent to an activating group) is 1. The van der Waals surface area contributed by atoms with E-state index in [1.807, 2.05) is 32.0 Å². The van der Waals surface area contributed by atoms with Crippen molar-refractivity contribution in [3.05, 3.63) is 65.2 Å². The van der Waals surface area contributed by atoms with Crippen molar-refractivity contribution in [3.63, 3.8) is 0 Å². The summed E-state index contributed by atoms with van der Waals surface area (Å²) in [7, 11) is -3.75. The molecule has 0 aromatic heterocycles. The fourth-order valence-electron chi connectivity index (χ4n) is 6.78. The lowest BCUT2D eigenvalue weighted by atomic mass is 9.86. The number of hydrogen-bond donors (Lipinski definition) is 1. The molecule has 2 aromatic carbocycles. The molecule has 0 spiro atoms. The maximum atomic E-state index is 14.2. The van der Waals surface area contributed by atoms with E-state index in [0.29, 0.717) is 31.7 Å². The van der Waals surface area contributed by atoms with Crippen LogP contribution in [0.1, 0.15) is 50.3 Å². The Labute approximate surface area is 238 Å². The molecule has 216 valence electrons. The van der Waals surface area contributed by atoms with Crippen molar-refractivity contribution < 1.29 is 18.0 Å². The largest absolute Gasteiger partial charge is 0.342 e. The third kappa shape index (κ3) is 5.43. The summed E-state index contributed by atoms with van der Waals surface area (Å²) in [6, 6.07) is 13.9. The van der Waals surface area contributed by atoms with Crippen LogP contribution in [0.3, 0.4) is 0 Å². The van der Waals surface area contributed by atoms with Gasteiger partial charge in [-0.05, 0) is 54.0 Å². The summed E-state index contributed by atoms with van der Waals surface area (Å²) < 4.78 is 29.2. The molecule has 1 N–H and O–H groups in total. The number of nitrogens with one attached hydrogen (secondary N) is 1. The first-order chi connectivity index (χ1) is 19.3. The lowest BCUT2D eigenvalue weighted by Crippen LogP contribution is -2.66. The molecule has 5 rings (SSSR count). The zero-order valence-electron chi connectivity index (χ0n) is 23.9. The Hall–Kier alpha value is -2.75. The molecule has 2 atom stereocenters. The van der Waals surface area contributed by atoms with E-state index in [0.717, 1.165) is 32.2 Å². The summed E-state index contributed by atoms with van der Waals surface area (Å²) in [5.74, 6) is -0.284. The van der Waals surface area contributed by atoms with Crippen LogP contribution >= 0.6 is 0 Å². The predicted molar refractivity (Wildman–Crippen MR) is 155 cm³/mol. The van der Waals surface area contributed by atoms with Gasteiger partial charge in [0, 0.05) is 32.7 Å². The molecule has 2 saturated heterocycles. The number of piperazine rings is 2. The van der Waals surface area contributed by atoms with Gasteiger partial charge in [0.25, 0.3) is 0 Å². The van der Waals surface area contributed by atoms with Gasteiger partial charge in [0.2, 0.25) is 21.8 Å². The highest BCUT2D eigenvalue weighted by Gasteiger charge is 2.47. The molecule has 8 nitrogen and oxygen atoms in total. The standard InChI is InChI=1S/C31H42N4O4S/c1-4-22(5-2)29-30(36)32-28(26-19-23-11-7-8-12-24(23)20-26)31(37)35(29)21-25-13-9-10-14-27(25)40(38,39)34-17-15-33(6-3)16-18-34/h7-14,22,26,28-29H,4-6,15-21H2,1-3H3,(H,32,36). The minimum atomic E-state index is -3.75. The Morgan fingerprint density at radius 1 is 0.875 bits per heavy atom. The Morgan fingerprint density at radius 2 is 1.48 bits per heavy atom. The number of carbonyl (C=O) groups is 2. The number of nitrogens with zero attached hydrogens (tertiary/aromatic N) is 3. The molecule has 0 radical (unpaired) electrons. The average molecular weight is 567 g/mol. The van der Waals surface area contributed by atoms with Gasteiger partial charge in [-0.2, -0.15) is 4.31 Å². The molecule has 3 aliphatic rings. The number of rotatable bonds is 9. The fraction of sp³-hybridized carbons (Fsp3) is 0.548. The van der Waals surface area contributed by atoms with Crippen molar-refractivity contribution in [1.29, 1.82) is 0 Å².